The molecule has 0 saturated carbocycles. The quantitative estimate of drug-likeness (QED) is 0.342. The van der Waals surface area contributed by atoms with Crippen molar-refractivity contribution in [2.75, 3.05) is 6.61 Å². The Bertz CT molecular complexity index is 289. The fraction of sp³-hybridized carbons (Fsp3) is 0.889. The van der Waals surface area contributed by atoms with Crippen LogP contribution in [0.15, 0.2) is 0 Å². The molecule has 4 nitrogen and oxygen atoms in total. The molecular weight excluding hydrogens is 280 g/mol. The zero-order valence-electron chi connectivity index (χ0n) is 14.4. The molecule has 0 aliphatic heterocycles. The van der Waals surface area contributed by atoms with Crippen LogP contribution in [0.4, 0.5) is 0 Å². The Labute approximate surface area is 135 Å². The largest absolute Gasteiger partial charge is 0.550 e. The Kier molecular flexibility index (Phi) is 14.1. The highest BCUT2D eigenvalue weighted by Gasteiger charge is 2.09. The van der Waals surface area contributed by atoms with Gasteiger partial charge in [-0.05, 0) is 31.6 Å². The number of esters is 1. The molecule has 0 radical (unpaired) electrons. The zero-order chi connectivity index (χ0) is 16.6. The van der Waals surface area contributed by atoms with Crippen LogP contribution in [0.2, 0.25) is 0 Å². The summed E-state index contributed by atoms with van der Waals surface area (Å²) in [6, 6.07) is 0. The molecule has 0 spiro atoms. The number of ether oxygens (including phenoxy) is 1. The molecule has 22 heavy (non-hydrogen) atoms. The maximum Gasteiger partial charge on any atom is 0.305 e. The average molecular weight is 313 g/mol. The zero-order valence-corrected chi connectivity index (χ0v) is 14.4. The molecule has 1 unspecified atom stereocenters. The molecular formula is C18H33O4-. The second-order valence-corrected chi connectivity index (χ2v) is 6.09. The molecule has 0 amide bonds. The predicted octanol–water partition coefficient (Wildman–Crippen LogP) is 3.62. The highest BCUT2D eigenvalue weighted by atomic mass is 16.5. The number of carbonyl (C=O) groups excluding carboxylic acids is 2. The van der Waals surface area contributed by atoms with E-state index in [0.717, 1.165) is 44.9 Å². The van der Waals surface area contributed by atoms with Crippen LogP contribution < -0.4 is 5.11 Å². The molecule has 0 aromatic rings. The SMILES string of the molecule is CCCCC(CC)COC(=O)CCCCCCCCC(=O)[O-]. The van der Waals surface area contributed by atoms with Gasteiger partial charge in [-0.25, -0.2) is 0 Å². The van der Waals surface area contributed by atoms with E-state index in [1.54, 1.807) is 0 Å². The number of hydrogen-bond donors (Lipinski definition) is 0. The second-order valence-electron chi connectivity index (χ2n) is 6.09. The van der Waals surface area contributed by atoms with Crippen LogP contribution in [0, 0.1) is 5.92 Å². The van der Waals surface area contributed by atoms with Crippen LogP contribution in [0.25, 0.3) is 0 Å². The maximum absolute atomic E-state index is 11.7. The summed E-state index contributed by atoms with van der Waals surface area (Å²) in [5.74, 6) is -0.536. The summed E-state index contributed by atoms with van der Waals surface area (Å²) in [4.78, 5) is 21.9. The van der Waals surface area contributed by atoms with Gasteiger partial charge in [0.2, 0.25) is 0 Å². The maximum atomic E-state index is 11.7. The predicted molar refractivity (Wildman–Crippen MR) is 86.2 cm³/mol. The van der Waals surface area contributed by atoms with Crippen molar-refractivity contribution in [2.45, 2.75) is 90.9 Å². The molecule has 0 rings (SSSR count). The van der Waals surface area contributed by atoms with Gasteiger partial charge in [0.05, 0.1) is 6.61 Å². The van der Waals surface area contributed by atoms with E-state index in [1.165, 1.54) is 12.8 Å². The van der Waals surface area contributed by atoms with E-state index in [9.17, 15) is 14.7 Å². The van der Waals surface area contributed by atoms with Crippen molar-refractivity contribution < 1.29 is 19.4 Å². The van der Waals surface area contributed by atoms with Crippen molar-refractivity contribution in [3.05, 3.63) is 0 Å². The monoisotopic (exact) mass is 313 g/mol. The first-order valence-electron chi connectivity index (χ1n) is 8.95. The van der Waals surface area contributed by atoms with E-state index in [2.05, 4.69) is 13.8 Å². The van der Waals surface area contributed by atoms with E-state index < -0.39 is 5.97 Å². The Morgan fingerprint density at radius 3 is 2.05 bits per heavy atom. The molecule has 0 aromatic carbocycles. The minimum atomic E-state index is -0.966. The van der Waals surface area contributed by atoms with Gasteiger partial charge >= 0.3 is 5.97 Å². The minimum absolute atomic E-state index is 0.0769. The first-order valence-corrected chi connectivity index (χ1v) is 8.95. The normalized spacial score (nSPS) is 12.1. The van der Waals surface area contributed by atoms with Crippen molar-refractivity contribution in [3.8, 4) is 0 Å². The van der Waals surface area contributed by atoms with Gasteiger partial charge in [-0.3, -0.25) is 4.79 Å². The van der Waals surface area contributed by atoms with Gasteiger partial charge in [0, 0.05) is 12.4 Å². The molecule has 0 heterocycles. The fourth-order valence-electron chi connectivity index (χ4n) is 2.43. The first-order chi connectivity index (χ1) is 10.6. The lowest BCUT2D eigenvalue weighted by Gasteiger charge is -2.14. The molecule has 130 valence electrons. The van der Waals surface area contributed by atoms with E-state index in [0.29, 0.717) is 25.4 Å². The summed E-state index contributed by atoms with van der Waals surface area (Å²) in [5.41, 5.74) is 0. The van der Waals surface area contributed by atoms with Crippen molar-refractivity contribution in [1.82, 2.24) is 0 Å². The van der Waals surface area contributed by atoms with Crippen LogP contribution in [0.3, 0.4) is 0 Å². The van der Waals surface area contributed by atoms with Gasteiger partial charge < -0.3 is 14.6 Å². The van der Waals surface area contributed by atoms with Gasteiger partial charge in [-0.15, -0.1) is 0 Å². The average Bonchev–Trinajstić information content (AvgIpc) is 2.49. The molecule has 0 saturated heterocycles. The Morgan fingerprint density at radius 2 is 1.50 bits per heavy atom. The summed E-state index contributed by atoms with van der Waals surface area (Å²) in [6.07, 6.45) is 10.8. The van der Waals surface area contributed by atoms with Crippen molar-refractivity contribution >= 4 is 11.9 Å². The molecule has 4 heteroatoms. The van der Waals surface area contributed by atoms with Crippen LogP contribution in [0.1, 0.15) is 90.9 Å². The lowest BCUT2D eigenvalue weighted by atomic mass is 10.0. The van der Waals surface area contributed by atoms with Gasteiger partial charge in [-0.1, -0.05) is 58.8 Å². The molecule has 0 fully saturated rings. The lowest BCUT2D eigenvalue weighted by Crippen LogP contribution is -2.21. The highest BCUT2D eigenvalue weighted by Crippen LogP contribution is 2.14. The first kappa shape index (κ1) is 20.9. The molecule has 0 bridgehead atoms. The van der Waals surface area contributed by atoms with E-state index in [1.807, 2.05) is 0 Å². The molecule has 0 aliphatic carbocycles. The minimum Gasteiger partial charge on any atom is -0.550 e. The number of hydrogen-bond acceptors (Lipinski definition) is 4. The third kappa shape index (κ3) is 13.9. The standard InChI is InChI=1S/C18H34O4/c1-3-5-12-16(4-2)15-22-18(21)14-11-9-7-6-8-10-13-17(19)20/h16H,3-15H2,1-2H3,(H,19,20)/p-1. The molecule has 0 N–H and O–H groups in total. The van der Waals surface area contributed by atoms with Crippen molar-refractivity contribution in [2.24, 2.45) is 5.92 Å². The summed E-state index contributed by atoms with van der Waals surface area (Å²) in [5, 5.41) is 10.2. The van der Waals surface area contributed by atoms with E-state index >= 15 is 0 Å². The number of carboxylic acid groups (broad SMARTS) is 1. The topological polar surface area (TPSA) is 66.4 Å². The second kappa shape index (κ2) is 14.9. The summed E-state index contributed by atoms with van der Waals surface area (Å²) < 4.78 is 5.35. The molecule has 1 atom stereocenters. The number of unbranched alkanes of at least 4 members (excludes halogenated alkanes) is 6. The van der Waals surface area contributed by atoms with Gasteiger partial charge in [0.25, 0.3) is 0 Å². The van der Waals surface area contributed by atoms with Crippen molar-refractivity contribution in [3.63, 3.8) is 0 Å². The number of carbonyl (C=O) groups is 2. The van der Waals surface area contributed by atoms with Gasteiger partial charge in [0.1, 0.15) is 0 Å². The summed E-state index contributed by atoms with van der Waals surface area (Å²) in [7, 11) is 0. The number of aliphatic carboxylic acids is 1. The van der Waals surface area contributed by atoms with Gasteiger partial charge in [-0.2, -0.15) is 0 Å². The van der Waals surface area contributed by atoms with Crippen LogP contribution in [0.5, 0.6) is 0 Å². The van der Waals surface area contributed by atoms with Crippen LogP contribution in [-0.4, -0.2) is 18.5 Å². The number of carboxylic acids is 1. The summed E-state index contributed by atoms with van der Waals surface area (Å²) >= 11 is 0. The van der Waals surface area contributed by atoms with Gasteiger partial charge in [0.15, 0.2) is 0 Å². The third-order valence-electron chi connectivity index (χ3n) is 4.04. The highest BCUT2D eigenvalue weighted by molar-refractivity contribution is 5.69. The Balaban J connectivity index is 3.43. The fourth-order valence-corrected chi connectivity index (χ4v) is 2.43. The van der Waals surface area contributed by atoms with Crippen molar-refractivity contribution in [1.29, 1.82) is 0 Å². The van der Waals surface area contributed by atoms with Crippen LogP contribution in [-0.2, 0) is 14.3 Å². The van der Waals surface area contributed by atoms with E-state index in [-0.39, 0.29) is 12.4 Å². The Morgan fingerprint density at radius 1 is 0.909 bits per heavy atom. The lowest BCUT2D eigenvalue weighted by molar-refractivity contribution is -0.305. The molecule has 0 aromatic heterocycles. The third-order valence-corrected chi connectivity index (χ3v) is 4.04. The van der Waals surface area contributed by atoms with E-state index in [4.69, 9.17) is 4.74 Å². The Hall–Kier alpha value is -1.06. The smallest absolute Gasteiger partial charge is 0.305 e. The summed E-state index contributed by atoms with van der Waals surface area (Å²) in [6.45, 7) is 4.89. The molecule has 0 aliphatic rings. The number of rotatable bonds is 15. The van der Waals surface area contributed by atoms with Crippen LogP contribution >= 0.6 is 0 Å².